The van der Waals surface area contributed by atoms with Crippen molar-refractivity contribution in [2.24, 2.45) is 5.84 Å². The first-order chi connectivity index (χ1) is 4.16. The molecule has 54 valence electrons. The molecule has 0 spiro atoms. The van der Waals surface area contributed by atoms with Crippen LogP contribution in [0.3, 0.4) is 0 Å². The van der Waals surface area contributed by atoms with Gasteiger partial charge in [-0.3, -0.25) is 10.2 Å². The zero-order valence-electron chi connectivity index (χ0n) is 5.36. The maximum absolute atomic E-state index is 10.5. The van der Waals surface area contributed by atoms with Crippen molar-refractivity contribution in [3.05, 3.63) is 0 Å². The van der Waals surface area contributed by atoms with Crippen molar-refractivity contribution in [1.82, 2.24) is 5.43 Å². The summed E-state index contributed by atoms with van der Waals surface area (Å²) in [7, 11) is 0. The van der Waals surface area contributed by atoms with Crippen molar-refractivity contribution in [2.45, 2.75) is 23.7 Å². The molecule has 0 aromatic carbocycles. The third-order valence-electron chi connectivity index (χ3n) is 0.930. The second-order valence-corrected chi connectivity index (χ2v) is 4.01. The van der Waals surface area contributed by atoms with Gasteiger partial charge in [0.15, 0.2) is 0 Å². The van der Waals surface area contributed by atoms with Gasteiger partial charge in [-0.15, -0.1) is 0 Å². The zero-order valence-corrected chi connectivity index (χ0v) is 7.51. The van der Waals surface area contributed by atoms with E-state index in [4.69, 9.17) is 5.84 Å². The van der Waals surface area contributed by atoms with E-state index in [0.29, 0.717) is 10.3 Å². The number of amides is 1. The lowest BCUT2D eigenvalue weighted by Crippen LogP contribution is -2.30. The maximum atomic E-state index is 10.5. The predicted octanol–water partition coefficient (Wildman–Crippen LogP) is 0.580. The summed E-state index contributed by atoms with van der Waals surface area (Å²) in [6.45, 7) is 2.06. The number of hydrogen-bond donors (Lipinski definition) is 2. The highest BCUT2D eigenvalue weighted by molar-refractivity contribution is 14.1. The average molecular weight is 242 g/mol. The molecule has 1 atom stereocenters. The number of nitrogens with two attached hydrogens (primary N) is 1. The van der Waals surface area contributed by atoms with E-state index in [1.165, 1.54) is 0 Å². The van der Waals surface area contributed by atoms with E-state index in [1.807, 2.05) is 0 Å². The molecule has 0 aliphatic rings. The maximum Gasteiger partial charge on any atom is 0.233 e. The first-order valence-corrected chi connectivity index (χ1v) is 4.05. The summed E-state index contributed by atoms with van der Waals surface area (Å²) in [6.07, 6.45) is 1.42. The average Bonchev–Trinajstić information content (AvgIpc) is 1.83. The molecule has 1 amide bonds. The van der Waals surface area contributed by atoms with Crippen molar-refractivity contribution in [3.8, 4) is 0 Å². The van der Waals surface area contributed by atoms with Gasteiger partial charge in [-0.25, -0.2) is 5.84 Å². The number of hydrogen-bond acceptors (Lipinski definition) is 2. The van der Waals surface area contributed by atoms with Gasteiger partial charge in [0.2, 0.25) is 5.91 Å². The molecule has 0 aromatic heterocycles. The van der Waals surface area contributed by atoms with E-state index in [2.05, 4.69) is 34.9 Å². The molecular weight excluding hydrogens is 231 g/mol. The Labute approximate surface area is 68.5 Å². The van der Waals surface area contributed by atoms with Crippen LogP contribution in [0.15, 0.2) is 0 Å². The van der Waals surface area contributed by atoms with Crippen LogP contribution in [-0.4, -0.2) is 9.83 Å². The lowest BCUT2D eigenvalue weighted by atomic mass is 10.2. The third-order valence-corrected chi connectivity index (χ3v) is 1.55. The van der Waals surface area contributed by atoms with Crippen LogP contribution in [0, 0.1) is 0 Å². The van der Waals surface area contributed by atoms with Crippen molar-refractivity contribution in [3.63, 3.8) is 0 Å². The van der Waals surface area contributed by atoms with Gasteiger partial charge >= 0.3 is 0 Å². The van der Waals surface area contributed by atoms with Gasteiger partial charge in [0.1, 0.15) is 0 Å². The van der Waals surface area contributed by atoms with Crippen LogP contribution in [0.25, 0.3) is 0 Å². The molecule has 3 nitrogen and oxygen atoms in total. The van der Waals surface area contributed by atoms with Crippen molar-refractivity contribution < 1.29 is 4.79 Å². The molecular formula is C5H11IN2O. The van der Waals surface area contributed by atoms with Crippen LogP contribution in [0.5, 0.6) is 0 Å². The van der Waals surface area contributed by atoms with Gasteiger partial charge in [0.25, 0.3) is 0 Å². The number of carbonyl (C=O) groups excluding carboxylic acids is 1. The molecule has 0 heterocycles. The van der Waals surface area contributed by atoms with E-state index in [9.17, 15) is 4.79 Å². The first kappa shape index (κ1) is 9.16. The molecule has 0 rings (SSSR count). The fourth-order valence-corrected chi connectivity index (χ4v) is 0.714. The highest BCUT2D eigenvalue weighted by Gasteiger charge is 2.00. The van der Waals surface area contributed by atoms with Crippen LogP contribution in [-0.2, 0) is 4.79 Å². The summed E-state index contributed by atoms with van der Waals surface area (Å²) < 4.78 is 0.542. The number of nitrogens with one attached hydrogen (secondary N) is 1. The molecule has 1 unspecified atom stereocenters. The van der Waals surface area contributed by atoms with Crippen LogP contribution in [0.2, 0.25) is 0 Å². The third kappa shape index (κ3) is 6.04. The number of halogens is 1. The Kier molecular flexibility index (Phi) is 5.07. The van der Waals surface area contributed by atoms with Crippen molar-refractivity contribution >= 4 is 28.5 Å². The van der Waals surface area contributed by atoms with E-state index in [1.54, 1.807) is 0 Å². The van der Waals surface area contributed by atoms with E-state index in [-0.39, 0.29) is 5.91 Å². The van der Waals surface area contributed by atoms with Crippen LogP contribution in [0.4, 0.5) is 0 Å². The molecule has 4 heteroatoms. The largest absolute Gasteiger partial charge is 0.294 e. The molecule has 0 saturated carbocycles. The Morgan fingerprint density at radius 3 is 2.78 bits per heavy atom. The molecule has 0 aliphatic heterocycles. The molecule has 0 aliphatic carbocycles. The number of hydrazine groups is 1. The van der Waals surface area contributed by atoms with Gasteiger partial charge in [0.05, 0.1) is 0 Å². The Balaban J connectivity index is 3.17. The molecule has 0 radical (unpaired) electrons. The van der Waals surface area contributed by atoms with Gasteiger partial charge in [-0.2, -0.15) is 0 Å². The second-order valence-electron chi connectivity index (χ2n) is 1.89. The smallest absolute Gasteiger partial charge is 0.233 e. The summed E-state index contributed by atoms with van der Waals surface area (Å²) in [5, 5.41) is 0. The topological polar surface area (TPSA) is 55.1 Å². The molecule has 3 N–H and O–H groups in total. The Morgan fingerprint density at radius 2 is 2.44 bits per heavy atom. The fraction of sp³-hybridized carbons (Fsp3) is 0.800. The summed E-state index contributed by atoms with van der Waals surface area (Å²) in [5.41, 5.74) is 2.08. The highest BCUT2D eigenvalue weighted by atomic mass is 127. The highest BCUT2D eigenvalue weighted by Crippen LogP contribution is 2.05. The minimum atomic E-state index is -0.0847. The molecule has 0 fully saturated rings. The number of rotatable bonds is 3. The fourth-order valence-electron chi connectivity index (χ4n) is 0.402. The second kappa shape index (κ2) is 4.99. The van der Waals surface area contributed by atoms with Gasteiger partial charge < -0.3 is 0 Å². The normalized spacial score (nSPS) is 12.8. The van der Waals surface area contributed by atoms with Crippen LogP contribution >= 0.6 is 22.6 Å². The van der Waals surface area contributed by atoms with Gasteiger partial charge in [-0.05, 0) is 6.42 Å². The predicted molar refractivity (Wildman–Crippen MR) is 45.0 cm³/mol. The number of alkyl halides is 1. The van der Waals surface area contributed by atoms with E-state index in [0.717, 1.165) is 6.42 Å². The molecule has 0 saturated heterocycles. The van der Waals surface area contributed by atoms with E-state index >= 15 is 0 Å². The minimum absolute atomic E-state index is 0.0847. The quantitative estimate of drug-likeness (QED) is 0.250. The summed E-state index contributed by atoms with van der Waals surface area (Å²) in [4.78, 5) is 10.5. The standard InChI is InChI=1S/C5H11IN2O/c1-4(6)2-3-5(9)8-7/h4H,2-3,7H2,1H3,(H,8,9). The summed E-state index contributed by atoms with van der Waals surface area (Å²) in [6, 6.07) is 0. The zero-order chi connectivity index (χ0) is 7.28. The first-order valence-electron chi connectivity index (χ1n) is 2.80. The number of carbonyl (C=O) groups is 1. The van der Waals surface area contributed by atoms with Crippen molar-refractivity contribution in [1.29, 1.82) is 0 Å². The van der Waals surface area contributed by atoms with Gasteiger partial charge in [-0.1, -0.05) is 29.5 Å². The Morgan fingerprint density at radius 1 is 1.89 bits per heavy atom. The monoisotopic (exact) mass is 242 g/mol. The molecule has 9 heavy (non-hydrogen) atoms. The lowest BCUT2D eigenvalue weighted by Gasteiger charge is -2.00. The van der Waals surface area contributed by atoms with Crippen molar-refractivity contribution in [2.75, 3.05) is 0 Å². The Hall–Kier alpha value is 0.160. The SMILES string of the molecule is CC(I)CCC(=O)NN. The Bertz CT molecular complexity index is 95.0. The molecule has 0 aromatic rings. The summed E-state index contributed by atoms with van der Waals surface area (Å²) >= 11 is 2.27. The van der Waals surface area contributed by atoms with Crippen LogP contribution < -0.4 is 11.3 Å². The summed E-state index contributed by atoms with van der Waals surface area (Å²) in [5.74, 6) is 4.77. The van der Waals surface area contributed by atoms with Crippen LogP contribution in [0.1, 0.15) is 19.8 Å². The lowest BCUT2D eigenvalue weighted by molar-refractivity contribution is -0.121. The minimum Gasteiger partial charge on any atom is -0.294 e. The van der Waals surface area contributed by atoms with Gasteiger partial charge in [0, 0.05) is 10.3 Å². The van der Waals surface area contributed by atoms with E-state index < -0.39 is 0 Å². The molecule has 0 bridgehead atoms.